The number of methoxy groups -OCH3 is 1. The number of amides is 1. The highest BCUT2D eigenvalue weighted by molar-refractivity contribution is 8.18. The number of aliphatic imine (C=N–C) groups is 1. The van der Waals surface area contributed by atoms with Gasteiger partial charge in [-0.25, -0.2) is 14.6 Å². The van der Waals surface area contributed by atoms with Gasteiger partial charge in [-0.2, -0.15) is 0 Å². The Morgan fingerprint density at radius 1 is 0.973 bits per heavy atom. The number of hydrogen-bond acceptors (Lipinski definition) is 7. The fourth-order valence-electron chi connectivity index (χ4n) is 3.42. The zero-order valence-electron chi connectivity index (χ0n) is 19.9. The van der Waals surface area contributed by atoms with Crippen LogP contribution in [0.4, 0.5) is 5.69 Å². The molecule has 0 radical (unpaired) electrons. The van der Waals surface area contributed by atoms with E-state index < -0.39 is 11.9 Å². The smallest absolute Gasteiger partial charge is 0.335 e. The molecule has 1 heterocycles. The van der Waals surface area contributed by atoms with Crippen LogP contribution in [0.25, 0.3) is 6.08 Å². The minimum atomic E-state index is -1.05. The van der Waals surface area contributed by atoms with Crippen molar-refractivity contribution in [3.8, 4) is 11.5 Å². The summed E-state index contributed by atoms with van der Waals surface area (Å²) in [5.41, 5.74) is 2.26. The first-order chi connectivity index (χ1) is 17.7. The lowest BCUT2D eigenvalue weighted by Crippen LogP contribution is -2.23. The van der Waals surface area contributed by atoms with E-state index in [1.54, 1.807) is 55.6 Å². The Morgan fingerprint density at radius 2 is 1.70 bits per heavy atom. The number of likely N-dealkylation sites (N-methyl/N-ethyl adjacent to an activating group) is 1. The quantitative estimate of drug-likeness (QED) is 0.403. The molecule has 0 spiro atoms. The standard InChI is InChI=1S/C27H22N2O7S/c1-29-24(30)23(37-27(29)28-20-5-3-4-19(14-20)26(33)34)13-17-8-11-21(22(12-17)35-2)36-15-16-6-9-18(10-7-16)25(31)32/h3-14H,15H2,1-2H3,(H,31,32)(H,33,34)/b23-13-,28-27?. The highest BCUT2D eigenvalue weighted by atomic mass is 32.2. The minimum absolute atomic E-state index is 0.112. The predicted octanol–water partition coefficient (Wildman–Crippen LogP) is 4.90. The first-order valence-electron chi connectivity index (χ1n) is 11.0. The molecule has 2 N–H and O–H groups in total. The Kier molecular flexibility index (Phi) is 7.59. The molecule has 0 aliphatic carbocycles. The number of carboxylic acids is 2. The number of hydrogen-bond donors (Lipinski definition) is 2. The van der Waals surface area contributed by atoms with Crippen LogP contribution >= 0.6 is 11.8 Å². The van der Waals surface area contributed by atoms with E-state index in [1.165, 1.54) is 48.0 Å². The van der Waals surface area contributed by atoms with Crippen LogP contribution in [0.1, 0.15) is 31.8 Å². The molecule has 3 aromatic rings. The van der Waals surface area contributed by atoms with E-state index in [2.05, 4.69) is 4.99 Å². The van der Waals surface area contributed by atoms with Gasteiger partial charge in [0.1, 0.15) is 6.61 Å². The number of carbonyl (C=O) groups excluding carboxylic acids is 1. The molecule has 1 saturated heterocycles. The lowest BCUT2D eigenvalue weighted by Gasteiger charge is -2.12. The molecule has 10 heteroatoms. The monoisotopic (exact) mass is 518 g/mol. The van der Waals surface area contributed by atoms with Crippen LogP contribution in [-0.4, -0.2) is 52.3 Å². The van der Waals surface area contributed by atoms with E-state index in [1.807, 2.05) is 0 Å². The third-order valence-electron chi connectivity index (χ3n) is 5.40. The Bertz CT molecular complexity index is 1430. The van der Waals surface area contributed by atoms with E-state index >= 15 is 0 Å². The van der Waals surface area contributed by atoms with Gasteiger partial charge in [-0.3, -0.25) is 9.69 Å². The first kappa shape index (κ1) is 25.5. The lowest BCUT2D eigenvalue weighted by atomic mass is 10.1. The molecule has 1 fully saturated rings. The van der Waals surface area contributed by atoms with Gasteiger partial charge in [-0.05, 0) is 71.4 Å². The predicted molar refractivity (Wildman–Crippen MR) is 140 cm³/mol. The van der Waals surface area contributed by atoms with Crippen molar-refractivity contribution in [2.45, 2.75) is 6.61 Å². The minimum Gasteiger partial charge on any atom is -0.493 e. The van der Waals surface area contributed by atoms with E-state index in [0.29, 0.717) is 32.8 Å². The van der Waals surface area contributed by atoms with Crippen molar-refractivity contribution in [2.24, 2.45) is 4.99 Å². The number of ether oxygens (including phenoxy) is 2. The summed E-state index contributed by atoms with van der Waals surface area (Å²) in [6.07, 6.45) is 1.72. The summed E-state index contributed by atoms with van der Waals surface area (Å²) in [5.74, 6) is -1.31. The molecule has 188 valence electrons. The fourth-order valence-corrected chi connectivity index (χ4v) is 4.41. The molecule has 0 atom stereocenters. The zero-order valence-corrected chi connectivity index (χ0v) is 20.7. The molecule has 0 aromatic heterocycles. The maximum Gasteiger partial charge on any atom is 0.335 e. The molecule has 1 aliphatic heterocycles. The average Bonchev–Trinajstić information content (AvgIpc) is 3.15. The van der Waals surface area contributed by atoms with E-state index in [4.69, 9.17) is 14.6 Å². The van der Waals surface area contributed by atoms with Gasteiger partial charge in [0.15, 0.2) is 16.7 Å². The van der Waals surface area contributed by atoms with Crippen LogP contribution in [0.2, 0.25) is 0 Å². The Labute approximate surface area is 216 Å². The summed E-state index contributed by atoms with van der Waals surface area (Å²) >= 11 is 1.19. The van der Waals surface area contributed by atoms with Gasteiger partial charge in [0.05, 0.1) is 28.8 Å². The molecule has 1 amide bonds. The van der Waals surface area contributed by atoms with Crippen molar-refractivity contribution in [3.05, 3.63) is 93.9 Å². The van der Waals surface area contributed by atoms with Crippen molar-refractivity contribution in [2.75, 3.05) is 14.2 Å². The Balaban J connectivity index is 1.50. The second kappa shape index (κ2) is 11.0. The summed E-state index contributed by atoms with van der Waals surface area (Å²) in [7, 11) is 3.12. The molecule has 0 unspecified atom stereocenters. The first-order valence-corrected chi connectivity index (χ1v) is 11.8. The van der Waals surface area contributed by atoms with Gasteiger partial charge in [0.25, 0.3) is 5.91 Å². The number of nitrogens with zero attached hydrogens (tertiary/aromatic N) is 2. The van der Waals surface area contributed by atoms with Crippen molar-refractivity contribution < 1.29 is 34.1 Å². The second-order valence-corrected chi connectivity index (χ2v) is 8.93. The molecule has 3 aromatic carbocycles. The van der Waals surface area contributed by atoms with Crippen LogP contribution in [0, 0.1) is 0 Å². The number of carboxylic acid groups (broad SMARTS) is 2. The van der Waals surface area contributed by atoms with Gasteiger partial charge < -0.3 is 19.7 Å². The number of carbonyl (C=O) groups is 3. The van der Waals surface area contributed by atoms with Crippen LogP contribution in [0.15, 0.2) is 76.6 Å². The number of benzene rings is 3. The zero-order chi connectivity index (χ0) is 26.5. The Hall–Kier alpha value is -4.57. The van der Waals surface area contributed by atoms with E-state index in [0.717, 1.165) is 5.56 Å². The number of aromatic carboxylic acids is 2. The van der Waals surface area contributed by atoms with Crippen LogP contribution in [0.5, 0.6) is 11.5 Å². The third-order valence-corrected chi connectivity index (χ3v) is 6.46. The molecule has 4 rings (SSSR count). The number of amidine groups is 1. The molecular formula is C27H22N2O7S. The lowest BCUT2D eigenvalue weighted by molar-refractivity contribution is -0.121. The van der Waals surface area contributed by atoms with Crippen molar-refractivity contribution in [1.82, 2.24) is 4.90 Å². The van der Waals surface area contributed by atoms with E-state index in [9.17, 15) is 19.5 Å². The maximum absolute atomic E-state index is 12.8. The van der Waals surface area contributed by atoms with Gasteiger partial charge in [0.2, 0.25) is 0 Å². The third kappa shape index (κ3) is 5.99. The summed E-state index contributed by atoms with van der Waals surface area (Å²) in [5, 5.41) is 18.6. The highest BCUT2D eigenvalue weighted by Crippen LogP contribution is 2.35. The van der Waals surface area contributed by atoms with Gasteiger partial charge in [-0.15, -0.1) is 0 Å². The average molecular weight is 519 g/mol. The van der Waals surface area contributed by atoms with Crippen LogP contribution in [-0.2, 0) is 11.4 Å². The van der Waals surface area contributed by atoms with Crippen LogP contribution < -0.4 is 9.47 Å². The summed E-state index contributed by atoms with van der Waals surface area (Å²) in [6, 6.07) is 17.9. The molecule has 0 saturated carbocycles. The SMILES string of the molecule is COc1cc(/C=C2\SC(=Nc3cccc(C(=O)O)c3)N(C)C2=O)ccc1OCc1ccc(C(=O)O)cc1. The molecule has 0 bridgehead atoms. The second-order valence-electron chi connectivity index (χ2n) is 7.93. The van der Waals surface area contributed by atoms with Crippen molar-refractivity contribution in [1.29, 1.82) is 0 Å². The molecular weight excluding hydrogens is 496 g/mol. The highest BCUT2D eigenvalue weighted by Gasteiger charge is 2.30. The van der Waals surface area contributed by atoms with Gasteiger partial charge in [-0.1, -0.05) is 24.3 Å². The maximum atomic E-state index is 12.8. The summed E-state index contributed by atoms with van der Waals surface area (Å²) in [6.45, 7) is 0.221. The van der Waals surface area contributed by atoms with Crippen LogP contribution in [0.3, 0.4) is 0 Å². The number of rotatable bonds is 8. The van der Waals surface area contributed by atoms with Crippen molar-refractivity contribution in [3.63, 3.8) is 0 Å². The summed E-state index contributed by atoms with van der Waals surface area (Å²) in [4.78, 5) is 41.3. The Morgan fingerprint density at radius 3 is 2.38 bits per heavy atom. The largest absolute Gasteiger partial charge is 0.493 e. The topological polar surface area (TPSA) is 126 Å². The number of thioether (sulfide) groups is 1. The van der Waals surface area contributed by atoms with Crippen molar-refractivity contribution >= 4 is 46.5 Å². The normalized spacial score (nSPS) is 15.3. The molecule has 1 aliphatic rings. The van der Waals surface area contributed by atoms with E-state index in [-0.39, 0.29) is 23.6 Å². The van der Waals surface area contributed by atoms with Gasteiger partial charge in [0, 0.05) is 7.05 Å². The molecule has 37 heavy (non-hydrogen) atoms. The molecule has 9 nitrogen and oxygen atoms in total. The summed E-state index contributed by atoms with van der Waals surface area (Å²) < 4.78 is 11.3. The van der Waals surface area contributed by atoms with Gasteiger partial charge >= 0.3 is 11.9 Å². The fraction of sp³-hybridized carbons (Fsp3) is 0.111.